The Morgan fingerprint density at radius 3 is 0.675 bits per heavy atom. The molecule has 0 spiro atoms. The quantitative estimate of drug-likeness (QED) is 0.0261. The van der Waals surface area contributed by atoms with Gasteiger partial charge in [0, 0.05) is 19.3 Å². The van der Waals surface area contributed by atoms with Crippen LogP contribution in [0, 0.1) is 0 Å². The van der Waals surface area contributed by atoms with Gasteiger partial charge in [-0.3, -0.25) is 14.4 Å². The molecule has 0 amide bonds. The zero-order valence-electron chi connectivity index (χ0n) is 56.2. The molecule has 6 heteroatoms. The van der Waals surface area contributed by atoms with Crippen LogP contribution in [0.3, 0.4) is 0 Å². The van der Waals surface area contributed by atoms with Crippen LogP contribution >= 0.6 is 0 Å². The molecule has 0 aromatic rings. The monoisotopic (exact) mass is 1170 g/mol. The maximum Gasteiger partial charge on any atom is 0.306 e. The first kappa shape index (κ1) is 80.6. The lowest BCUT2D eigenvalue weighted by atomic mass is 10.0. The summed E-state index contributed by atoms with van der Waals surface area (Å²) in [5.41, 5.74) is 0. The van der Waals surface area contributed by atoms with Crippen LogP contribution in [0.1, 0.15) is 419 Å². The fourth-order valence-electron chi connectivity index (χ4n) is 11.5. The van der Waals surface area contributed by atoms with Crippen LogP contribution in [0.25, 0.3) is 0 Å². The third-order valence-electron chi connectivity index (χ3n) is 17.1. The molecule has 0 radical (unpaired) electrons. The number of carbonyl (C=O) groups is 3. The van der Waals surface area contributed by atoms with Gasteiger partial charge in [-0.2, -0.15) is 0 Å². The van der Waals surface area contributed by atoms with Gasteiger partial charge in [0.2, 0.25) is 0 Å². The summed E-state index contributed by atoms with van der Waals surface area (Å²) in [6.45, 7) is 6.72. The van der Waals surface area contributed by atoms with E-state index in [1.54, 1.807) is 0 Å². The van der Waals surface area contributed by atoms with Crippen molar-refractivity contribution in [3.05, 3.63) is 36.5 Å². The molecule has 6 nitrogen and oxygen atoms in total. The van der Waals surface area contributed by atoms with Gasteiger partial charge < -0.3 is 14.2 Å². The van der Waals surface area contributed by atoms with Gasteiger partial charge in [0.1, 0.15) is 13.2 Å². The van der Waals surface area contributed by atoms with Crippen molar-refractivity contribution in [3.63, 3.8) is 0 Å². The minimum Gasteiger partial charge on any atom is -0.462 e. The average molecular weight is 1170 g/mol. The first-order valence-electron chi connectivity index (χ1n) is 37.5. The zero-order chi connectivity index (χ0) is 59.9. The van der Waals surface area contributed by atoms with E-state index in [9.17, 15) is 14.4 Å². The maximum absolute atomic E-state index is 13.0. The summed E-state index contributed by atoms with van der Waals surface area (Å²) < 4.78 is 17.1. The third kappa shape index (κ3) is 70.3. The highest BCUT2D eigenvalue weighted by molar-refractivity contribution is 5.71. The van der Waals surface area contributed by atoms with E-state index in [4.69, 9.17) is 14.2 Å². The van der Waals surface area contributed by atoms with E-state index in [-0.39, 0.29) is 31.1 Å². The lowest BCUT2D eigenvalue weighted by Gasteiger charge is -2.18. The molecule has 0 bridgehead atoms. The van der Waals surface area contributed by atoms with E-state index in [0.29, 0.717) is 19.3 Å². The topological polar surface area (TPSA) is 78.9 Å². The van der Waals surface area contributed by atoms with E-state index >= 15 is 0 Å². The summed E-state index contributed by atoms with van der Waals surface area (Å²) in [5.74, 6) is -0.831. The number of esters is 3. The fraction of sp³-hybridized carbons (Fsp3) is 0.883. The molecule has 488 valence electrons. The Balaban J connectivity index is 4.28. The van der Waals surface area contributed by atoms with Crippen molar-refractivity contribution in [1.82, 2.24) is 0 Å². The largest absolute Gasteiger partial charge is 0.462 e. The summed E-state index contributed by atoms with van der Waals surface area (Å²) in [6, 6.07) is 0. The molecule has 0 aliphatic heterocycles. The number of hydrogen-bond acceptors (Lipinski definition) is 6. The van der Waals surface area contributed by atoms with Gasteiger partial charge in [0.05, 0.1) is 0 Å². The number of rotatable bonds is 70. The Morgan fingerprint density at radius 2 is 0.434 bits per heavy atom. The Hall–Kier alpha value is -2.37. The summed E-state index contributed by atoms with van der Waals surface area (Å²) in [5, 5.41) is 0. The first-order chi connectivity index (χ1) is 41.0. The number of ether oxygens (including phenoxy) is 3. The van der Waals surface area contributed by atoms with Gasteiger partial charge in [-0.25, -0.2) is 0 Å². The summed E-state index contributed by atoms with van der Waals surface area (Å²) in [4.78, 5) is 38.6. The number of unbranched alkanes of at least 4 members (excludes halogenated alkanes) is 53. The van der Waals surface area contributed by atoms with Crippen LogP contribution in [0.5, 0.6) is 0 Å². The highest BCUT2D eigenvalue weighted by Gasteiger charge is 2.20. The molecule has 0 saturated heterocycles. The van der Waals surface area contributed by atoms with Gasteiger partial charge >= 0.3 is 17.9 Å². The van der Waals surface area contributed by atoms with Crippen molar-refractivity contribution in [2.24, 2.45) is 0 Å². The molecule has 0 aliphatic carbocycles. The van der Waals surface area contributed by atoms with Crippen LogP contribution in [0.4, 0.5) is 0 Å². The molecule has 1 atom stereocenters. The molecule has 0 saturated carbocycles. The molecule has 0 heterocycles. The van der Waals surface area contributed by atoms with Crippen LogP contribution in [0.2, 0.25) is 0 Å². The van der Waals surface area contributed by atoms with Gasteiger partial charge in [-0.15, -0.1) is 0 Å². The van der Waals surface area contributed by atoms with Gasteiger partial charge in [-0.05, 0) is 57.8 Å². The van der Waals surface area contributed by atoms with Gasteiger partial charge in [0.15, 0.2) is 6.10 Å². The first-order valence-corrected chi connectivity index (χ1v) is 37.5. The SMILES string of the molecule is CCCCCCC/C=C\C/C=C\C/C=C\CCCCCCCCCCCCCCC(=O)OCC(COC(=O)CCCCCCCCCCCCCCCCCCCC)OC(=O)CCCCCCCCCCCCCCCCCCCCCC. The Kier molecular flexibility index (Phi) is 70.0. The Bertz CT molecular complexity index is 1380. The molecular weight excluding hydrogens is 1020 g/mol. The number of hydrogen-bond donors (Lipinski definition) is 0. The van der Waals surface area contributed by atoms with Gasteiger partial charge in [0.25, 0.3) is 0 Å². The Labute approximate surface area is 518 Å². The molecule has 0 N–H and O–H groups in total. The predicted octanol–water partition coefficient (Wildman–Crippen LogP) is 25.9. The maximum atomic E-state index is 13.0. The molecule has 83 heavy (non-hydrogen) atoms. The minimum atomic E-state index is -0.770. The molecule has 0 fully saturated rings. The summed E-state index contributed by atoms with van der Waals surface area (Å²) in [6.07, 6.45) is 90.3. The molecule has 0 aromatic carbocycles. The van der Waals surface area contributed by atoms with Crippen molar-refractivity contribution >= 4 is 17.9 Å². The highest BCUT2D eigenvalue weighted by atomic mass is 16.6. The third-order valence-corrected chi connectivity index (χ3v) is 17.1. The van der Waals surface area contributed by atoms with Crippen molar-refractivity contribution < 1.29 is 28.6 Å². The fourth-order valence-corrected chi connectivity index (χ4v) is 11.5. The van der Waals surface area contributed by atoms with E-state index in [0.717, 1.165) is 70.6 Å². The lowest BCUT2D eigenvalue weighted by molar-refractivity contribution is -0.167. The van der Waals surface area contributed by atoms with E-state index in [2.05, 4.69) is 57.2 Å². The smallest absolute Gasteiger partial charge is 0.306 e. The minimum absolute atomic E-state index is 0.0654. The van der Waals surface area contributed by atoms with Crippen molar-refractivity contribution in [2.45, 2.75) is 425 Å². The standard InChI is InChI=1S/C77H144O6/c1-4-7-10-13-16-19-22-25-28-31-34-36-37-38-39-40-41-42-44-46-49-52-55-58-61-64-67-70-76(79)82-73-74(72-81-75(78)69-66-63-60-57-54-51-48-45-33-30-27-24-21-18-15-12-9-6-3)83-77(80)71-68-65-62-59-56-53-50-47-43-35-32-29-26-23-20-17-14-11-8-5-2/h22,25,31,34,37-38,74H,4-21,23-24,26-30,32-33,35-36,39-73H2,1-3H3/b25-22-,34-31-,38-37-. The van der Waals surface area contributed by atoms with Crippen molar-refractivity contribution in [1.29, 1.82) is 0 Å². The number of carbonyl (C=O) groups excluding carboxylic acids is 3. The lowest BCUT2D eigenvalue weighted by Crippen LogP contribution is -2.30. The summed E-state index contributed by atoms with van der Waals surface area (Å²) >= 11 is 0. The van der Waals surface area contributed by atoms with E-state index in [1.165, 1.54) is 308 Å². The molecule has 1 unspecified atom stereocenters. The number of allylic oxidation sites excluding steroid dienone is 6. The van der Waals surface area contributed by atoms with Crippen molar-refractivity contribution in [3.8, 4) is 0 Å². The molecule has 0 aliphatic rings. The second kappa shape index (κ2) is 72.1. The van der Waals surface area contributed by atoms with Crippen LogP contribution in [-0.2, 0) is 28.6 Å². The zero-order valence-corrected chi connectivity index (χ0v) is 56.2. The van der Waals surface area contributed by atoms with Crippen LogP contribution in [0.15, 0.2) is 36.5 Å². The van der Waals surface area contributed by atoms with Crippen LogP contribution < -0.4 is 0 Å². The normalized spacial score (nSPS) is 12.2. The van der Waals surface area contributed by atoms with Crippen molar-refractivity contribution in [2.75, 3.05) is 13.2 Å². The summed E-state index contributed by atoms with van der Waals surface area (Å²) in [7, 11) is 0. The van der Waals surface area contributed by atoms with Gasteiger partial charge in [-0.1, -0.05) is 378 Å². The average Bonchev–Trinajstić information content (AvgIpc) is 3.49. The molecular formula is C77H144O6. The molecule has 0 aromatic heterocycles. The van der Waals surface area contributed by atoms with E-state index in [1.807, 2.05) is 0 Å². The van der Waals surface area contributed by atoms with E-state index < -0.39 is 6.10 Å². The second-order valence-electron chi connectivity index (χ2n) is 25.6. The van der Waals surface area contributed by atoms with Crippen LogP contribution in [-0.4, -0.2) is 37.2 Å². The molecule has 0 rings (SSSR count). The predicted molar refractivity (Wildman–Crippen MR) is 362 cm³/mol. The highest BCUT2D eigenvalue weighted by Crippen LogP contribution is 2.19. The Morgan fingerprint density at radius 1 is 0.241 bits per heavy atom. The second-order valence-corrected chi connectivity index (χ2v) is 25.6.